The number of hydrogen-bond donors (Lipinski definition) is 1. The maximum Gasteiger partial charge on any atom is 0.328 e. The molecule has 0 atom stereocenters. The van der Waals surface area contributed by atoms with Gasteiger partial charge in [-0.2, -0.15) is 0 Å². The third-order valence-electron chi connectivity index (χ3n) is 2.24. The van der Waals surface area contributed by atoms with E-state index in [1.54, 1.807) is 28.6 Å². The molecule has 0 aliphatic rings. The summed E-state index contributed by atoms with van der Waals surface area (Å²) >= 11 is 1.45. The van der Waals surface area contributed by atoms with Gasteiger partial charge >= 0.3 is 5.69 Å². The molecule has 86 valence electrons. The predicted octanol–water partition coefficient (Wildman–Crippen LogP) is 0.611. The second-order valence-corrected chi connectivity index (χ2v) is 4.31. The van der Waals surface area contributed by atoms with Crippen LogP contribution in [-0.2, 0) is 13.1 Å². The molecule has 0 saturated heterocycles. The molecule has 0 aliphatic carbocycles. The Morgan fingerprint density at radius 1 is 1.38 bits per heavy atom. The Hall–Kier alpha value is -1.63. The molecule has 0 amide bonds. The van der Waals surface area contributed by atoms with Gasteiger partial charge in [-0.25, -0.2) is 4.79 Å². The van der Waals surface area contributed by atoms with Gasteiger partial charge in [-0.1, -0.05) is 11.3 Å². The van der Waals surface area contributed by atoms with Crippen molar-refractivity contribution in [1.29, 1.82) is 0 Å². The average molecular weight is 239 g/mol. The summed E-state index contributed by atoms with van der Waals surface area (Å²) in [5.41, 5.74) is -0.0105. The van der Waals surface area contributed by atoms with Crippen LogP contribution in [0.1, 0.15) is 11.9 Å². The van der Waals surface area contributed by atoms with Crippen molar-refractivity contribution in [2.24, 2.45) is 0 Å². The Morgan fingerprint density at radius 3 is 2.69 bits per heavy atom. The van der Waals surface area contributed by atoms with Crippen molar-refractivity contribution in [3.05, 3.63) is 27.9 Å². The maximum absolute atomic E-state index is 11.7. The number of aromatic nitrogens is 4. The topological polar surface area (TPSA) is 64.7 Å². The molecule has 1 N–H and O–H groups in total. The Balaban J connectivity index is 2.20. The van der Waals surface area contributed by atoms with Gasteiger partial charge < -0.3 is 5.32 Å². The standard InChI is InChI=1S/C9H13N5OS/c1-3-13-4-5-14(9(13)15)6-7-11-12-8(10-2)16-7/h4-5H,3,6H2,1-2H3,(H,10,12). The van der Waals surface area contributed by atoms with Gasteiger partial charge in [0.2, 0.25) is 5.13 Å². The van der Waals surface area contributed by atoms with E-state index in [-0.39, 0.29) is 5.69 Å². The van der Waals surface area contributed by atoms with Crippen molar-refractivity contribution in [2.75, 3.05) is 12.4 Å². The minimum absolute atomic E-state index is 0.0105. The highest BCUT2D eigenvalue weighted by Crippen LogP contribution is 2.14. The van der Waals surface area contributed by atoms with Crippen LogP contribution >= 0.6 is 11.3 Å². The molecule has 0 aliphatic heterocycles. The van der Waals surface area contributed by atoms with Crippen molar-refractivity contribution in [2.45, 2.75) is 20.0 Å². The van der Waals surface area contributed by atoms with Crippen LogP contribution < -0.4 is 11.0 Å². The second-order valence-electron chi connectivity index (χ2n) is 3.25. The molecule has 0 fully saturated rings. The zero-order valence-corrected chi connectivity index (χ0v) is 9.99. The van der Waals surface area contributed by atoms with Crippen LogP contribution in [0.2, 0.25) is 0 Å². The van der Waals surface area contributed by atoms with Crippen LogP contribution in [0.25, 0.3) is 0 Å². The Morgan fingerprint density at radius 2 is 2.12 bits per heavy atom. The van der Waals surface area contributed by atoms with Crippen LogP contribution in [0, 0.1) is 0 Å². The summed E-state index contributed by atoms with van der Waals surface area (Å²) in [7, 11) is 1.80. The molecule has 0 aromatic carbocycles. The molecule has 0 unspecified atom stereocenters. The molecule has 0 spiro atoms. The fraction of sp³-hybridized carbons (Fsp3) is 0.444. The number of aryl methyl sites for hydroxylation is 1. The van der Waals surface area contributed by atoms with Gasteiger partial charge in [-0.3, -0.25) is 9.13 Å². The first-order chi connectivity index (χ1) is 7.74. The van der Waals surface area contributed by atoms with Crippen molar-refractivity contribution >= 4 is 16.5 Å². The third-order valence-corrected chi connectivity index (χ3v) is 3.17. The lowest BCUT2D eigenvalue weighted by molar-refractivity contribution is 0.664. The summed E-state index contributed by atoms with van der Waals surface area (Å²) in [6, 6.07) is 0. The Kier molecular flexibility index (Phi) is 3.04. The predicted molar refractivity (Wildman–Crippen MR) is 62.9 cm³/mol. The molecular formula is C9H13N5OS. The lowest BCUT2D eigenvalue weighted by atomic mass is 10.6. The average Bonchev–Trinajstić information content (AvgIpc) is 2.88. The molecule has 6 nitrogen and oxygen atoms in total. The van der Waals surface area contributed by atoms with Gasteiger partial charge in [-0.15, -0.1) is 10.2 Å². The van der Waals surface area contributed by atoms with Crippen LogP contribution in [-0.4, -0.2) is 26.4 Å². The van der Waals surface area contributed by atoms with Crippen LogP contribution in [0.15, 0.2) is 17.2 Å². The molecule has 2 heterocycles. The third kappa shape index (κ3) is 1.99. The number of nitrogens with one attached hydrogen (secondary N) is 1. The van der Waals surface area contributed by atoms with E-state index in [1.165, 1.54) is 11.3 Å². The number of anilines is 1. The first kappa shape index (κ1) is 10.9. The molecule has 0 radical (unpaired) electrons. The lowest BCUT2D eigenvalue weighted by Crippen LogP contribution is -2.23. The zero-order valence-electron chi connectivity index (χ0n) is 9.17. The monoisotopic (exact) mass is 239 g/mol. The largest absolute Gasteiger partial charge is 0.363 e. The fourth-order valence-corrected chi connectivity index (χ4v) is 2.07. The smallest absolute Gasteiger partial charge is 0.328 e. The first-order valence-corrected chi connectivity index (χ1v) is 5.82. The SMILES string of the molecule is CCn1ccn(Cc2nnc(NC)s2)c1=O. The van der Waals surface area contributed by atoms with E-state index in [2.05, 4.69) is 15.5 Å². The first-order valence-electron chi connectivity index (χ1n) is 5.00. The van der Waals surface area contributed by atoms with Crippen molar-refractivity contribution < 1.29 is 0 Å². The normalized spacial score (nSPS) is 10.6. The van der Waals surface area contributed by atoms with Crippen molar-refractivity contribution in [1.82, 2.24) is 19.3 Å². The highest BCUT2D eigenvalue weighted by molar-refractivity contribution is 7.15. The van der Waals surface area contributed by atoms with Crippen LogP contribution in [0.4, 0.5) is 5.13 Å². The summed E-state index contributed by atoms with van der Waals surface area (Å²) in [6.07, 6.45) is 3.55. The van der Waals surface area contributed by atoms with E-state index in [4.69, 9.17) is 0 Å². The van der Waals surface area contributed by atoms with E-state index in [1.807, 2.05) is 6.92 Å². The summed E-state index contributed by atoms with van der Waals surface area (Å²) in [4.78, 5) is 11.7. The highest BCUT2D eigenvalue weighted by Gasteiger charge is 2.06. The molecule has 2 aromatic heterocycles. The van der Waals surface area contributed by atoms with Gasteiger partial charge in [0.25, 0.3) is 0 Å². The summed E-state index contributed by atoms with van der Waals surface area (Å²) in [5.74, 6) is 0. The molecule has 7 heteroatoms. The maximum atomic E-state index is 11.7. The number of rotatable bonds is 4. The van der Waals surface area contributed by atoms with E-state index in [0.29, 0.717) is 13.1 Å². The van der Waals surface area contributed by atoms with Gasteiger partial charge in [-0.05, 0) is 6.92 Å². The number of hydrogen-bond acceptors (Lipinski definition) is 5. The molecule has 0 saturated carbocycles. The fourth-order valence-electron chi connectivity index (χ4n) is 1.38. The van der Waals surface area contributed by atoms with Gasteiger partial charge in [0.1, 0.15) is 5.01 Å². The number of imidazole rings is 1. The summed E-state index contributed by atoms with van der Waals surface area (Å²) in [5, 5.41) is 12.4. The molecule has 2 rings (SSSR count). The van der Waals surface area contributed by atoms with Gasteiger partial charge in [0.05, 0.1) is 6.54 Å². The van der Waals surface area contributed by atoms with E-state index < -0.39 is 0 Å². The van der Waals surface area contributed by atoms with E-state index in [0.717, 1.165) is 10.1 Å². The van der Waals surface area contributed by atoms with Crippen molar-refractivity contribution in [3.8, 4) is 0 Å². The second kappa shape index (κ2) is 4.48. The van der Waals surface area contributed by atoms with Crippen LogP contribution in [0.5, 0.6) is 0 Å². The van der Waals surface area contributed by atoms with Gasteiger partial charge in [0.15, 0.2) is 0 Å². The molecule has 0 bridgehead atoms. The molecule has 16 heavy (non-hydrogen) atoms. The molecule has 2 aromatic rings. The van der Waals surface area contributed by atoms with Crippen molar-refractivity contribution in [3.63, 3.8) is 0 Å². The molecular weight excluding hydrogens is 226 g/mol. The minimum atomic E-state index is -0.0105. The van der Waals surface area contributed by atoms with Crippen LogP contribution in [0.3, 0.4) is 0 Å². The zero-order chi connectivity index (χ0) is 11.5. The number of nitrogens with zero attached hydrogens (tertiary/aromatic N) is 4. The van der Waals surface area contributed by atoms with Gasteiger partial charge in [0, 0.05) is 26.0 Å². The summed E-state index contributed by atoms with van der Waals surface area (Å²) in [6.45, 7) is 3.10. The summed E-state index contributed by atoms with van der Waals surface area (Å²) < 4.78 is 3.28. The minimum Gasteiger partial charge on any atom is -0.363 e. The Bertz CT molecular complexity index is 526. The van der Waals surface area contributed by atoms with E-state index >= 15 is 0 Å². The highest BCUT2D eigenvalue weighted by atomic mass is 32.1. The lowest BCUT2D eigenvalue weighted by Gasteiger charge is -1.96. The Labute approximate surface area is 96.6 Å². The van der Waals surface area contributed by atoms with E-state index in [9.17, 15) is 4.79 Å². The quantitative estimate of drug-likeness (QED) is 0.849.